The predicted octanol–water partition coefficient (Wildman–Crippen LogP) is 4.76. The van der Waals surface area contributed by atoms with Crippen LogP contribution >= 0.6 is 0 Å². The molecule has 0 radical (unpaired) electrons. The molecule has 8 amide bonds. The zero-order chi connectivity index (χ0) is 34.3. The van der Waals surface area contributed by atoms with Gasteiger partial charge in [0.25, 0.3) is 47.3 Å². The van der Waals surface area contributed by atoms with Crippen molar-refractivity contribution in [3.05, 3.63) is 142 Å². The van der Waals surface area contributed by atoms with E-state index in [4.69, 9.17) is 0 Å². The van der Waals surface area contributed by atoms with Crippen molar-refractivity contribution in [2.24, 2.45) is 0 Å². The van der Waals surface area contributed by atoms with Crippen molar-refractivity contribution >= 4 is 79.6 Å². The number of amides is 8. The Labute approximate surface area is 279 Å². The molecule has 0 saturated heterocycles. The molecule has 0 atom stereocenters. The first kappa shape index (κ1) is 27.7. The quantitative estimate of drug-likeness (QED) is 0.242. The molecular formula is C38H16N4O8. The molecule has 4 aliphatic heterocycles. The molecule has 12 nitrogen and oxygen atoms in total. The number of carbonyl (C=O) groups excluding carboxylic acids is 8. The van der Waals surface area contributed by atoms with Gasteiger partial charge in [-0.15, -0.1) is 0 Å². The molecule has 0 saturated carbocycles. The summed E-state index contributed by atoms with van der Waals surface area (Å²) in [6.45, 7) is 0. The first-order chi connectivity index (χ1) is 24.2. The molecule has 6 aromatic carbocycles. The van der Waals surface area contributed by atoms with E-state index >= 15 is 0 Å². The fraction of sp³-hybridized carbons (Fsp3) is 0. The second-order valence-corrected chi connectivity index (χ2v) is 12.2. The smallest absolute Gasteiger partial charge is 0.267 e. The van der Waals surface area contributed by atoms with Gasteiger partial charge < -0.3 is 0 Å². The highest BCUT2D eigenvalue weighted by Gasteiger charge is 2.49. The molecule has 0 aliphatic carbocycles. The summed E-state index contributed by atoms with van der Waals surface area (Å²) >= 11 is 0. The van der Waals surface area contributed by atoms with Crippen LogP contribution in [-0.4, -0.2) is 67.3 Å². The van der Waals surface area contributed by atoms with E-state index in [2.05, 4.69) is 0 Å². The van der Waals surface area contributed by atoms with E-state index in [1.165, 1.54) is 48.5 Å². The third kappa shape index (κ3) is 3.14. The number of nitrogens with zero attached hydrogens (tertiary/aromatic N) is 4. The summed E-state index contributed by atoms with van der Waals surface area (Å²) < 4.78 is 0. The van der Waals surface area contributed by atoms with Gasteiger partial charge in [0.2, 0.25) is 0 Å². The molecule has 10 rings (SSSR count). The van der Waals surface area contributed by atoms with Gasteiger partial charge in [-0.3, -0.25) is 38.4 Å². The molecule has 0 aromatic heterocycles. The van der Waals surface area contributed by atoms with E-state index in [1.807, 2.05) is 0 Å². The zero-order valence-electron chi connectivity index (χ0n) is 25.3. The van der Waals surface area contributed by atoms with Gasteiger partial charge in [0, 0.05) is 21.5 Å². The van der Waals surface area contributed by atoms with E-state index in [1.54, 1.807) is 48.5 Å². The van der Waals surface area contributed by atoms with Gasteiger partial charge in [-0.25, -0.2) is 0 Å². The number of benzene rings is 6. The summed E-state index contributed by atoms with van der Waals surface area (Å²) in [5, 5.41) is 4.05. The van der Waals surface area contributed by atoms with Gasteiger partial charge in [-0.1, -0.05) is 48.5 Å². The summed E-state index contributed by atoms with van der Waals surface area (Å²) in [4.78, 5) is 112. The van der Waals surface area contributed by atoms with Gasteiger partial charge >= 0.3 is 0 Å². The zero-order valence-corrected chi connectivity index (χ0v) is 25.3. The minimum absolute atomic E-state index is 0.0292. The Kier molecular flexibility index (Phi) is 5.09. The highest BCUT2D eigenvalue weighted by Crippen LogP contribution is 2.41. The van der Waals surface area contributed by atoms with Crippen LogP contribution in [0, 0.1) is 0 Å². The maximum absolute atomic E-state index is 14.1. The summed E-state index contributed by atoms with van der Waals surface area (Å²) in [5.41, 5.74) is -0.0410. The Hall–Kier alpha value is -7.34. The standard InChI is InChI=1S/C38H16N4O8/c43-31-19-9-1-5-17-6-2-10-20(27(17)19)32(44)39(31)41-35(47)23-13-15-25-30-26(16-14-24(29(23)30)36(41)48)38(50)42(37(25)49)40-33(45)21-11-3-7-18-8-4-12-22(28(18)21)34(40)46/h1-16H. The molecule has 0 unspecified atom stereocenters. The number of hydrogen-bond donors (Lipinski definition) is 0. The van der Waals surface area contributed by atoms with Crippen molar-refractivity contribution in [1.82, 2.24) is 20.0 Å². The maximum atomic E-state index is 14.1. The van der Waals surface area contributed by atoms with Crippen LogP contribution in [0.2, 0.25) is 0 Å². The number of carbonyl (C=O) groups is 8. The molecule has 0 fully saturated rings. The van der Waals surface area contributed by atoms with Gasteiger partial charge in [0.1, 0.15) is 0 Å². The Morgan fingerprint density at radius 3 is 0.660 bits per heavy atom. The fourth-order valence-corrected chi connectivity index (χ4v) is 7.61. The normalized spacial score (nSPS) is 16.6. The number of hydrogen-bond acceptors (Lipinski definition) is 8. The second-order valence-electron chi connectivity index (χ2n) is 12.2. The molecule has 0 spiro atoms. The summed E-state index contributed by atoms with van der Waals surface area (Å²) in [5.74, 6) is -7.57. The maximum Gasteiger partial charge on any atom is 0.281 e. The monoisotopic (exact) mass is 656 g/mol. The van der Waals surface area contributed by atoms with Gasteiger partial charge in [0.15, 0.2) is 0 Å². The lowest BCUT2D eigenvalue weighted by Crippen LogP contribution is -2.59. The van der Waals surface area contributed by atoms with Crippen LogP contribution in [0.4, 0.5) is 0 Å². The van der Waals surface area contributed by atoms with Gasteiger partial charge in [-0.05, 0) is 59.3 Å². The van der Waals surface area contributed by atoms with Gasteiger partial charge in [0.05, 0.1) is 44.5 Å². The predicted molar refractivity (Wildman–Crippen MR) is 174 cm³/mol. The van der Waals surface area contributed by atoms with Crippen LogP contribution in [0.3, 0.4) is 0 Å². The lowest BCUT2D eigenvalue weighted by atomic mass is 9.86. The SMILES string of the molecule is O=C1c2cccc3cccc(c23)C(=O)N1N1C(=O)c2ccc3c4c(ccc(c24)C1=O)C(=O)N(N1C(=O)c2cccc4cccc(c24)C1=O)C3=O. The van der Waals surface area contributed by atoms with Crippen LogP contribution in [0.25, 0.3) is 32.3 Å². The van der Waals surface area contributed by atoms with Crippen LogP contribution in [0.5, 0.6) is 0 Å². The van der Waals surface area contributed by atoms with Gasteiger partial charge in [-0.2, -0.15) is 20.0 Å². The Balaban J connectivity index is 1.09. The molecule has 236 valence electrons. The minimum Gasteiger partial charge on any atom is -0.267 e. The molecule has 4 heterocycles. The van der Waals surface area contributed by atoms with E-state index < -0.39 is 47.3 Å². The van der Waals surface area contributed by atoms with Crippen LogP contribution in [0.15, 0.2) is 97.1 Å². The average molecular weight is 657 g/mol. The first-order valence-electron chi connectivity index (χ1n) is 15.4. The van der Waals surface area contributed by atoms with E-state index in [0.717, 1.165) is 0 Å². The number of hydrazine groups is 2. The third-order valence-corrected chi connectivity index (χ3v) is 9.75. The highest BCUT2D eigenvalue weighted by atomic mass is 16.2. The Bertz CT molecular complexity index is 2440. The minimum atomic E-state index is -1.02. The number of imide groups is 4. The average Bonchev–Trinajstić information content (AvgIpc) is 3.13. The van der Waals surface area contributed by atoms with E-state index in [-0.39, 0.29) is 55.3 Å². The molecule has 12 heteroatoms. The fourth-order valence-electron chi connectivity index (χ4n) is 7.61. The van der Waals surface area contributed by atoms with Crippen molar-refractivity contribution in [2.75, 3.05) is 0 Å². The summed E-state index contributed by atoms with van der Waals surface area (Å²) in [6.07, 6.45) is 0. The highest BCUT2D eigenvalue weighted by molar-refractivity contribution is 6.36. The Morgan fingerprint density at radius 1 is 0.240 bits per heavy atom. The lowest BCUT2D eigenvalue weighted by Gasteiger charge is -2.39. The van der Waals surface area contributed by atoms with E-state index in [0.29, 0.717) is 41.6 Å². The van der Waals surface area contributed by atoms with Crippen molar-refractivity contribution in [3.8, 4) is 0 Å². The number of rotatable bonds is 2. The second kappa shape index (κ2) is 9.17. The van der Waals surface area contributed by atoms with Crippen LogP contribution in [0.1, 0.15) is 82.9 Å². The molecule has 0 N–H and O–H groups in total. The molecule has 6 aromatic rings. The van der Waals surface area contributed by atoms with E-state index in [9.17, 15) is 38.4 Å². The van der Waals surface area contributed by atoms with Crippen molar-refractivity contribution in [2.45, 2.75) is 0 Å². The van der Waals surface area contributed by atoms with Crippen LogP contribution < -0.4 is 0 Å². The van der Waals surface area contributed by atoms with Crippen molar-refractivity contribution in [1.29, 1.82) is 0 Å². The molecule has 0 bridgehead atoms. The summed E-state index contributed by atoms with van der Waals surface area (Å²) in [6, 6.07) is 24.5. The van der Waals surface area contributed by atoms with Crippen molar-refractivity contribution in [3.63, 3.8) is 0 Å². The lowest BCUT2D eigenvalue weighted by molar-refractivity contribution is 0.00169. The molecule has 50 heavy (non-hydrogen) atoms. The van der Waals surface area contributed by atoms with Crippen molar-refractivity contribution < 1.29 is 38.4 Å². The molecule has 4 aliphatic rings. The molecular weight excluding hydrogens is 640 g/mol. The Morgan fingerprint density at radius 2 is 0.440 bits per heavy atom. The largest absolute Gasteiger partial charge is 0.281 e. The summed E-state index contributed by atoms with van der Waals surface area (Å²) in [7, 11) is 0. The first-order valence-corrected chi connectivity index (χ1v) is 15.4. The topological polar surface area (TPSA) is 150 Å². The van der Waals surface area contributed by atoms with Crippen LogP contribution in [-0.2, 0) is 0 Å². The third-order valence-electron chi connectivity index (χ3n) is 9.75.